The molecule has 3 nitrogen and oxygen atoms in total. The second kappa shape index (κ2) is 29.8. The zero-order valence-electron chi connectivity index (χ0n) is 33.7. The van der Waals surface area contributed by atoms with Crippen LogP contribution in [0.15, 0.2) is 87.5 Å². The number of hydrogen-bond acceptors (Lipinski definition) is 3. The molecule has 0 unspecified atom stereocenters. The summed E-state index contributed by atoms with van der Waals surface area (Å²) in [5, 5.41) is 0. The first-order chi connectivity index (χ1) is 25.7. The van der Waals surface area contributed by atoms with Gasteiger partial charge in [-0.05, 0) is 92.1 Å². The first-order valence-electron chi connectivity index (χ1n) is 21.7. The third-order valence-electron chi connectivity index (χ3n) is 9.98. The summed E-state index contributed by atoms with van der Waals surface area (Å²) in [7, 11) is -0.248. The summed E-state index contributed by atoms with van der Waals surface area (Å²) in [4.78, 5) is 3.87. The van der Waals surface area contributed by atoms with Gasteiger partial charge in [-0.3, -0.25) is 0 Å². The fraction of sp³-hybridized carbons (Fsp3) is 0.625. The summed E-state index contributed by atoms with van der Waals surface area (Å²) in [6.45, 7) is 9.22. The van der Waals surface area contributed by atoms with E-state index in [2.05, 4.69) is 93.6 Å². The van der Waals surface area contributed by atoms with E-state index < -0.39 is 0 Å². The van der Waals surface area contributed by atoms with Crippen LogP contribution >= 0.6 is 0 Å². The van der Waals surface area contributed by atoms with Gasteiger partial charge in [-0.1, -0.05) is 156 Å². The van der Waals surface area contributed by atoms with Crippen LogP contribution in [0.5, 0.6) is 17.2 Å². The molecule has 0 aliphatic carbocycles. The highest BCUT2D eigenvalue weighted by Gasteiger charge is 2.29. The Hall–Kier alpha value is -2.59. The second-order valence-corrected chi connectivity index (χ2v) is 16.7. The Morgan fingerprint density at radius 1 is 0.288 bits per heavy atom. The molecule has 290 valence electrons. The third kappa shape index (κ3) is 19.5. The highest BCUT2D eigenvalue weighted by molar-refractivity contribution is 7.97. The fourth-order valence-corrected chi connectivity index (χ4v) is 8.74. The van der Waals surface area contributed by atoms with Gasteiger partial charge in [-0.15, -0.1) is 0 Å². The minimum Gasteiger partial charge on any atom is -0.494 e. The highest BCUT2D eigenvalue weighted by Crippen LogP contribution is 2.34. The number of rotatable bonds is 33. The molecule has 0 aliphatic heterocycles. The van der Waals surface area contributed by atoms with Crippen molar-refractivity contribution >= 4 is 10.9 Å². The van der Waals surface area contributed by atoms with Crippen molar-refractivity contribution in [3.8, 4) is 17.2 Å². The SMILES string of the molecule is CCCCCCCCCCOc1ccc([S+](c2ccc(OCCCCCCCCCC)cc2)c2ccc(OCCCCCCCCCC)cc2)cc1. The van der Waals surface area contributed by atoms with Crippen LogP contribution in [0.4, 0.5) is 0 Å². The zero-order chi connectivity index (χ0) is 36.7. The molecule has 3 aromatic carbocycles. The van der Waals surface area contributed by atoms with Crippen LogP contribution in [0.25, 0.3) is 0 Å². The Balaban J connectivity index is 1.55. The van der Waals surface area contributed by atoms with Gasteiger partial charge in [0.2, 0.25) is 0 Å². The summed E-state index contributed by atoms with van der Waals surface area (Å²) < 4.78 is 18.5. The van der Waals surface area contributed by atoms with Crippen molar-refractivity contribution in [2.24, 2.45) is 0 Å². The Kier molecular flexibility index (Phi) is 25.1. The topological polar surface area (TPSA) is 27.7 Å². The Morgan fingerprint density at radius 2 is 0.500 bits per heavy atom. The van der Waals surface area contributed by atoms with Gasteiger partial charge in [-0.2, -0.15) is 0 Å². The Bertz CT molecular complexity index is 1070. The van der Waals surface area contributed by atoms with Crippen molar-refractivity contribution in [2.75, 3.05) is 19.8 Å². The normalized spacial score (nSPS) is 11.3. The molecular weight excluding hydrogens is 657 g/mol. The van der Waals surface area contributed by atoms with Crippen molar-refractivity contribution in [2.45, 2.75) is 190 Å². The van der Waals surface area contributed by atoms with E-state index >= 15 is 0 Å². The lowest BCUT2D eigenvalue weighted by molar-refractivity contribution is 0.304. The predicted octanol–water partition coefficient (Wildman–Crippen LogP) is 15.3. The summed E-state index contributed by atoms with van der Waals surface area (Å²) >= 11 is 0. The largest absolute Gasteiger partial charge is 0.494 e. The van der Waals surface area contributed by atoms with E-state index in [0.717, 1.165) is 56.3 Å². The molecule has 0 fully saturated rings. The lowest BCUT2D eigenvalue weighted by Gasteiger charge is -2.12. The van der Waals surface area contributed by atoms with Crippen LogP contribution < -0.4 is 14.2 Å². The van der Waals surface area contributed by atoms with Gasteiger partial charge in [0, 0.05) is 0 Å². The van der Waals surface area contributed by atoms with E-state index in [4.69, 9.17) is 14.2 Å². The maximum atomic E-state index is 6.17. The van der Waals surface area contributed by atoms with Crippen LogP contribution in [0.1, 0.15) is 175 Å². The standard InChI is InChI=1S/C48H75O3S/c1-4-7-10-13-16-19-22-25-40-49-43-28-34-46(35-29-43)52(47-36-30-44(31-37-47)50-41-26-23-20-17-14-11-8-5-2)48-38-32-45(33-39-48)51-42-27-24-21-18-15-12-9-6-3/h28-39H,4-27,40-42H2,1-3H3/q+1. The molecule has 0 heterocycles. The maximum absolute atomic E-state index is 6.17. The van der Waals surface area contributed by atoms with E-state index in [1.54, 1.807) is 0 Å². The van der Waals surface area contributed by atoms with E-state index in [0.29, 0.717) is 0 Å². The van der Waals surface area contributed by atoms with E-state index in [-0.39, 0.29) is 10.9 Å². The van der Waals surface area contributed by atoms with Crippen LogP contribution in [-0.4, -0.2) is 19.8 Å². The molecule has 3 rings (SSSR count). The molecule has 0 bridgehead atoms. The first-order valence-corrected chi connectivity index (χ1v) is 22.9. The number of benzene rings is 3. The predicted molar refractivity (Wildman–Crippen MR) is 226 cm³/mol. The second-order valence-electron chi connectivity index (χ2n) is 14.7. The monoisotopic (exact) mass is 732 g/mol. The van der Waals surface area contributed by atoms with Crippen molar-refractivity contribution in [1.82, 2.24) is 0 Å². The van der Waals surface area contributed by atoms with Gasteiger partial charge in [-0.25, -0.2) is 0 Å². The average molecular weight is 732 g/mol. The quantitative estimate of drug-likeness (QED) is 0.0461. The molecule has 0 saturated heterocycles. The number of ether oxygens (including phenoxy) is 3. The molecule has 0 amide bonds. The molecule has 3 aromatic rings. The Morgan fingerprint density at radius 3 is 0.731 bits per heavy atom. The molecule has 0 spiro atoms. The van der Waals surface area contributed by atoms with Crippen LogP contribution in [0.3, 0.4) is 0 Å². The minimum atomic E-state index is -0.248. The van der Waals surface area contributed by atoms with Crippen LogP contribution in [-0.2, 0) is 10.9 Å². The van der Waals surface area contributed by atoms with E-state index in [9.17, 15) is 0 Å². The molecule has 52 heavy (non-hydrogen) atoms. The number of hydrogen-bond donors (Lipinski definition) is 0. The fourth-order valence-electron chi connectivity index (χ4n) is 6.70. The third-order valence-corrected chi connectivity index (χ3v) is 12.2. The van der Waals surface area contributed by atoms with Gasteiger partial charge in [0.05, 0.1) is 30.7 Å². The summed E-state index contributed by atoms with van der Waals surface area (Å²) in [5.41, 5.74) is 0. The van der Waals surface area contributed by atoms with Gasteiger partial charge < -0.3 is 14.2 Å². The molecular formula is C48H75O3S+. The smallest absolute Gasteiger partial charge is 0.166 e. The molecule has 0 atom stereocenters. The van der Waals surface area contributed by atoms with Gasteiger partial charge in [0.25, 0.3) is 0 Å². The lowest BCUT2D eigenvalue weighted by atomic mass is 10.1. The summed E-state index contributed by atoms with van der Waals surface area (Å²) in [6.07, 6.45) is 31.5. The molecule has 0 aliphatic rings. The minimum absolute atomic E-state index is 0.248. The lowest BCUT2D eigenvalue weighted by Crippen LogP contribution is -2.06. The first kappa shape index (κ1) is 43.8. The molecule has 0 saturated carbocycles. The van der Waals surface area contributed by atoms with Crippen molar-refractivity contribution in [3.63, 3.8) is 0 Å². The number of unbranched alkanes of at least 4 members (excludes halogenated alkanes) is 21. The maximum Gasteiger partial charge on any atom is 0.166 e. The van der Waals surface area contributed by atoms with Gasteiger partial charge in [0.15, 0.2) is 14.7 Å². The Labute approximate surface area is 323 Å². The van der Waals surface area contributed by atoms with Crippen LogP contribution in [0, 0.1) is 0 Å². The summed E-state index contributed by atoms with van der Waals surface area (Å²) in [5.74, 6) is 2.89. The molecule has 0 N–H and O–H groups in total. The van der Waals surface area contributed by atoms with Crippen molar-refractivity contribution < 1.29 is 14.2 Å². The van der Waals surface area contributed by atoms with Gasteiger partial charge in [0.1, 0.15) is 17.2 Å². The van der Waals surface area contributed by atoms with Crippen molar-refractivity contribution in [3.05, 3.63) is 72.8 Å². The highest BCUT2D eigenvalue weighted by atomic mass is 32.2. The van der Waals surface area contributed by atoms with Gasteiger partial charge >= 0.3 is 0 Å². The molecule has 4 heteroatoms. The van der Waals surface area contributed by atoms with E-state index in [1.807, 2.05) is 0 Å². The average Bonchev–Trinajstić information content (AvgIpc) is 3.18. The molecule has 0 aromatic heterocycles. The van der Waals surface area contributed by atoms with Crippen molar-refractivity contribution in [1.29, 1.82) is 0 Å². The zero-order valence-corrected chi connectivity index (χ0v) is 34.5. The van der Waals surface area contributed by atoms with Crippen LogP contribution in [0.2, 0.25) is 0 Å². The van der Waals surface area contributed by atoms with E-state index in [1.165, 1.54) is 150 Å². The molecule has 0 radical (unpaired) electrons. The summed E-state index contributed by atoms with van der Waals surface area (Å²) in [6, 6.07) is 26.5.